The molecule has 0 radical (unpaired) electrons. The Bertz CT molecular complexity index is 1420. The Labute approximate surface area is 490 Å². The zero-order chi connectivity index (χ0) is 58.9. The standard InChI is InChI=1S/C9H16.4C9H18.4C8H16/c1-7-5-8-3-4-9(7,2)6-8;1-7-5-8(6-7)9(2,3)4;1-8-6-4-5-7-9(8,2)3;1-7-5-4-6-8(2)9(7)3;1-4-8(3)9-5-7(2)6-9;1-6-4-7(2)8(3)5-6;1-6(2)8-4-7(3)5-8;1-6-4-5-7(2)8(6)3;1-5-6(2)8(4)7(5)3/h7-8H,3-6H2,1-2H3;7-8H,5-6H2,1-4H3;8H,4-7H2,1-3H3;2*7-9H,4-6H2,1-3H3;3*6-8H,4-5H2,1-3H3;5-8H,1-4H3/t7-,8?,9?;;8-;;;6?,7-,8?;;;/m0.1..0.../s1. The normalized spacial score (nSPS) is 44.1. The van der Waals surface area contributed by atoms with Crippen LogP contribution in [0.3, 0.4) is 0 Å². The summed E-state index contributed by atoms with van der Waals surface area (Å²) in [5.41, 5.74) is 1.98. The van der Waals surface area contributed by atoms with E-state index in [0.29, 0.717) is 10.8 Å². The van der Waals surface area contributed by atoms with Gasteiger partial charge in [0.05, 0.1) is 0 Å². The molecule has 10 rings (SSSR count). The summed E-state index contributed by atoms with van der Waals surface area (Å²) in [6, 6.07) is 0. The van der Waals surface area contributed by atoms with Gasteiger partial charge in [0.2, 0.25) is 0 Å². The molecule has 10 saturated carbocycles. The van der Waals surface area contributed by atoms with Crippen molar-refractivity contribution in [3.8, 4) is 0 Å². The average Bonchev–Trinajstić information content (AvgIpc) is 4.05. The van der Waals surface area contributed by atoms with E-state index in [-0.39, 0.29) is 0 Å². The van der Waals surface area contributed by atoms with Gasteiger partial charge in [-0.1, -0.05) is 252 Å². The van der Waals surface area contributed by atoms with Crippen LogP contribution in [0.25, 0.3) is 0 Å². The van der Waals surface area contributed by atoms with E-state index in [1.807, 2.05) is 0 Å². The number of hydrogen-bond acceptors (Lipinski definition) is 0. The fourth-order valence-electron chi connectivity index (χ4n) is 16.4. The van der Waals surface area contributed by atoms with Crippen LogP contribution >= 0.6 is 0 Å². The molecule has 9 unspecified atom stereocenters. The minimum Gasteiger partial charge on any atom is -0.0651 e. The predicted molar refractivity (Wildman–Crippen MR) is 352 cm³/mol. The van der Waals surface area contributed by atoms with Crippen molar-refractivity contribution in [2.75, 3.05) is 0 Å². The summed E-state index contributed by atoms with van der Waals surface area (Å²) in [6.07, 6.45) is 32.4. The summed E-state index contributed by atoms with van der Waals surface area (Å²) in [7, 11) is 0. The van der Waals surface area contributed by atoms with Crippen LogP contribution in [0.15, 0.2) is 0 Å². The van der Waals surface area contributed by atoms with Gasteiger partial charge in [-0.3, -0.25) is 0 Å². The Balaban J connectivity index is 0.000000296. The highest BCUT2D eigenvalue weighted by Crippen LogP contribution is 2.57. The average molecular weight is 1080 g/mol. The summed E-state index contributed by atoms with van der Waals surface area (Å²) in [5, 5.41) is 0. The van der Waals surface area contributed by atoms with Gasteiger partial charge < -0.3 is 0 Å². The molecule has 0 heteroatoms. The molecule has 10 aliphatic rings. The van der Waals surface area contributed by atoms with Crippen LogP contribution in [0.4, 0.5) is 0 Å². The maximum Gasteiger partial charge on any atom is -0.0297 e. The van der Waals surface area contributed by atoms with E-state index in [1.54, 1.807) is 0 Å². The van der Waals surface area contributed by atoms with E-state index in [2.05, 4.69) is 194 Å². The number of fused-ring (bicyclic) bond motifs is 2. The fraction of sp³-hybridized carbons (Fsp3) is 1.00. The quantitative estimate of drug-likeness (QED) is 0.264. The SMILES string of the molecule is CC1C(C)C(C)C1C.CC1CC(C(C)(C)C)C1.CC1CC(C(C)C)C1.CC1CC(C)[C@@H](C)C1.CC1CCC(C)C1C.CC1CCCC(C)C1C.CCC(C)C1CC(C)C1.C[C@@H]1CCCCC1(C)C.C[C@H]1CC2CCC1(C)C2. The molecule has 0 nitrogen and oxygen atoms in total. The summed E-state index contributed by atoms with van der Waals surface area (Å²) in [6.45, 7) is 66.4. The molecule has 460 valence electrons. The van der Waals surface area contributed by atoms with Crippen LogP contribution < -0.4 is 0 Å². The van der Waals surface area contributed by atoms with Crippen LogP contribution in [0.5, 0.6) is 0 Å². The number of hydrogen-bond donors (Lipinski definition) is 0. The van der Waals surface area contributed by atoms with Gasteiger partial charge in [0.15, 0.2) is 0 Å². The zero-order valence-corrected chi connectivity index (χ0v) is 58.9. The Kier molecular flexibility index (Phi) is 32.4. The van der Waals surface area contributed by atoms with Gasteiger partial charge in [0.25, 0.3) is 0 Å². The molecule has 12 atom stereocenters. The van der Waals surface area contributed by atoms with E-state index < -0.39 is 0 Å². The maximum atomic E-state index is 2.48. The summed E-state index contributed by atoms with van der Waals surface area (Å²) < 4.78 is 0. The lowest BCUT2D eigenvalue weighted by atomic mass is 9.60. The minimum atomic E-state index is 0.576. The molecule has 0 N–H and O–H groups in total. The van der Waals surface area contributed by atoms with Gasteiger partial charge in [0.1, 0.15) is 0 Å². The molecule has 10 fully saturated rings. The van der Waals surface area contributed by atoms with Gasteiger partial charge >= 0.3 is 0 Å². The van der Waals surface area contributed by atoms with E-state index in [0.717, 1.165) is 147 Å². The largest absolute Gasteiger partial charge is 0.0651 e. The molecule has 0 saturated heterocycles. The van der Waals surface area contributed by atoms with Crippen LogP contribution in [0.2, 0.25) is 0 Å². The molecule has 0 aliphatic heterocycles. The topological polar surface area (TPSA) is 0 Å². The second kappa shape index (κ2) is 34.1. The smallest absolute Gasteiger partial charge is 0.0297 e. The fourth-order valence-corrected chi connectivity index (χ4v) is 16.4. The van der Waals surface area contributed by atoms with Gasteiger partial charge in [0, 0.05) is 0 Å². The molecule has 77 heavy (non-hydrogen) atoms. The highest BCUT2D eigenvalue weighted by molar-refractivity contribution is 4.97. The van der Waals surface area contributed by atoms with Gasteiger partial charge in [-0.25, -0.2) is 0 Å². The molecule has 10 aliphatic carbocycles. The van der Waals surface area contributed by atoms with Crippen molar-refractivity contribution in [3.05, 3.63) is 0 Å². The molecule has 0 aromatic rings. The van der Waals surface area contributed by atoms with Crippen molar-refractivity contribution in [2.45, 2.75) is 335 Å². The maximum absolute atomic E-state index is 2.48. The van der Waals surface area contributed by atoms with Gasteiger partial charge in [-0.15, -0.1) is 0 Å². The second-order valence-corrected chi connectivity index (χ2v) is 34.6. The lowest BCUT2D eigenvalue weighted by molar-refractivity contribution is 0.0302. The first-order chi connectivity index (χ1) is 35.5. The summed E-state index contributed by atoms with van der Waals surface area (Å²) >= 11 is 0. The molecule has 0 aromatic heterocycles. The first kappa shape index (κ1) is 73.1. The van der Waals surface area contributed by atoms with Crippen molar-refractivity contribution >= 4 is 0 Å². The van der Waals surface area contributed by atoms with Crippen LogP contribution in [0.1, 0.15) is 335 Å². The Morgan fingerprint density at radius 1 is 0.390 bits per heavy atom. The highest BCUT2D eigenvalue weighted by Gasteiger charge is 2.46. The third kappa shape index (κ3) is 24.6. The lowest BCUT2D eigenvalue weighted by Gasteiger charge is -2.45. The minimum absolute atomic E-state index is 0.576. The zero-order valence-electron chi connectivity index (χ0n) is 58.9. The van der Waals surface area contributed by atoms with E-state index in [4.69, 9.17) is 0 Å². The molecule has 2 bridgehead atoms. The van der Waals surface area contributed by atoms with E-state index in [1.165, 1.54) is 141 Å². The van der Waals surface area contributed by atoms with Crippen molar-refractivity contribution in [3.63, 3.8) is 0 Å². The monoisotopic (exact) mass is 1080 g/mol. The molecule has 0 heterocycles. The van der Waals surface area contributed by atoms with Gasteiger partial charge in [-0.05, 0) is 242 Å². The molecule has 0 amide bonds. The Hall–Kier alpha value is 0. The van der Waals surface area contributed by atoms with Crippen molar-refractivity contribution < 1.29 is 0 Å². The molecular weight excluding hydrogens is 925 g/mol. The van der Waals surface area contributed by atoms with E-state index >= 15 is 0 Å². The summed E-state index contributed by atoms with van der Waals surface area (Å²) in [4.78, 5) is 0. The second-order valence-electron chi connectivity index (χ2n) is 34.6. The van der Waals surface area contributed by atoms with Crippen molar-refractivity contribution in [1.82, 2.24) is 0 Å². The molecule has 0 aromatic carbocycles. The first-order valence-corrected chi connectivity index (χ1v) is 35.5. The van der Waals surface area contributed by atoms with Crippen LogP contribution in [0, 0.1) is 158 Å². The Morgan fingerprint density at radius 2 is 0.792 bits per heavy atom. The highest BCUT2D eigenvalue weighted by atomic mass is 14.5. The summed E-state index contributed by atoms with van der Waals surface area (Å²) in [5.74, 6) is 24.0. The number of rotatable bonds is 3. The van der Waals surface area contributed by atoms with Crippen LogP contribution in [-0.4, -0.2) is 0 Å². The third-order valence-corrected chi connectivity index (χ3v) is 26.4. The molecular formula is C77H152. The van der Waals surface area contributed by atoms with Crippen LogP contribution in [-0.2, 0) is 0 Å². The molecule has 0 spiro atoms. The third-order valence-electron chi connectivity index (χ3n) is 26.4. The van der Waals surface area contributed by atoms with E-state index in [9.17, 15) is 0 Å². The van der Waals surface area contributed by atoms with Crippen molar-refractivity contribution in [1.29, 1.82) is 0 Å². The van der Waals surface area contributed by atoms with Crippen molar-refractivity contribution in [2.24, 2.45) is 158 Å². The van der Waals surface area contributed by atoms with Gasteiger partial charge in [-0.2, -0.15) is 0 Å². The lowest BCUT2D eigenvalue weighted by Crippen LogP contribution is -2.39. The first-order valence-electron chi connectivity index (χ1n) is 35.5. The predicted octanol–water partition coefficient (Wildman–Crippen LogP) is 25.9. The Morgan fingerprint density at radius 3 is 1.00 bits per heavy atom.